The van der Waals surface area contributed by atoms with Crippen LogP contribution in [0.15, 0.2) is 4.42 Å². The van der Waals surface area contributed by atoms with Crippen molar-refractivity contribution < 1.29 is 29.0 Å². The van der Waals surface area contributed by atoms with Crippen molar-refractivity contribution in [2.24, 2.45) is 0 Å². The molecule has 0 aliphatic rings. The zero-order valence-corrected chi connectivity index (χ0v) is 11.2. The molecule has 0 unspecified atom stereocenters. The number of hydrogen-bond acceptors (Lipinski definition) is 5. The van der Waals surface area contributed by atoms with Gasteiger partial charge in [0.25, 0.3) is 5.91 Å². The Morgan fingerprint density at radius 2 is 1.95 bits per heavy atom. The molecule has 1 heterocycles. The molecule has 8 heteroatoms. The maximum absolute atomic E-state index is 11.9. The van der Waals surface area contributed by atoms with Crippen molar-refractivity contribution in [3.05, 3.63) is 17.3 Å². The Morgan fingerprint density at radius 1 is 1.30 bits per heavy atom. The van der Waals surface area contributed by atoms with Crippen LogP contribution in [0.2, 0.25) is 0 Å². The van der Waals surface area contributed by atoms with Gasteiger partial charge in [0.1, 0.15) is 6.04 Å². The van der Waals surface area contributed by atoms with Crippen LogP contribution in [0.3, 0.4) is 0 Å². The van der Waals surface area contributed by atoms with Gasteiger partial charge in [-0.3, -0.25) is 9.59 Å². The van der Waals surface area contributed by atoms with Crippen molar-refractivity contribution in [1.29, 1.82) is 0 Å². The highest BCUT2D eigenvalue weighted by Gasteiger charge is 2.24. The zero-order chi connectivity index (χ0) is 15.3. The standard InChI is InChI=1S/C12H16N2O6/c1-6-10(20-7(2)13-6)11(17)14-8(12(18)19)4-3-5-9(15)16/h8H,3-5H2,1-2H3,(H,14,17)(H,15,16)(H,18,19)/t8-/m1/s1. The van der Waals surface area contributed by atoms with Gasteiger partial charge in [-0.05, 0) is 19.8 Å². The number of carbonyl (C=O) groups is 3. The van der Waals surface area contributed by atoms with Gasteiger partial charge in [0, 0.05) is 13.3 Å². The summed E-state index contributed by atoms with van der Waals surface area (Å²) < 4.78 is 5.09. The third-order valence-electron chi connectivity index (χ3n) is 2.60. The molecule has 0 fully saturated rings. The van der Waals surface area contributed by atoms with Crippen LogP contribution >= 0.6 is 0 Å². The molecule has 1 atom stereocenters. The Morgan fingerprint density at radius 3 is 2.40 bits per heavy atom. The maximum Gasteiger partial charge on any atom is 0.326 e. The molecular formula is C12H16N2O6. The minimum atomic E-state index is -1.22. The number of nitrogens with one attached hydrogen (secondary N) is 1. The van der Waals surface area contributed by atoms with Gasteiger partial charge in [0.05, 0.1) is 5.69 Å². The number of aromatic nitrogens is 1. The van der Waals surface area contributed by atoms with Crippen molar-refractivity contribution in [3.63, 3.8) is 0 Å². The highest BCUT2D eigenvalue weighted by molar-refractivity contribution is 5.95. The number of aryl methyl sites for hydroxylation is 2. The third-order valence-corrected chi connectivity index (χ3v) is 2.60. The average Bonchev–Trinajstić information content (AvgIpc) is 2.66. The molecule has 1 aromatic rings. The molecule has 0 radical (unpaired) electrons. The number of nitrogens with zero attached hydrogens (tertiary/aromatic N) is 1. The SMILES string of the molecule is Cc1nc(C)c(C(=O)N[C@H](CCCC(=O)O)C(=O)O)o1. The summed E-state index contributed by atoms with van der Waals surface area (Å²) in [5.74, 6) is -2.64. The van der Waals surface area contributed by atoms with E-state index >= 15 is 0 Å². The molecule has 0 saturated heterocycles. The van der Waals surface area contributed by atoms with Crippen LogP contribution in [-0.4, -0.2) is 39.1 Å². The molecule has 0 saturated carbocycles. The van der Waals surface area contributed by atoms with Crippen molar-refractivity contribution in [3.8, 4) is 0 Å². The van der Waals surface area contributed by atoms with E-state index in [0.717, 1.165) is 0 Å². The molecule has 0 spiro atoms. The number of carboxylic acids is 2. The molecule has 0 bridgehead atoms. The Bertz CT molecular complexity index is 522. The van der Waals surface area contributed by atoms with E-state index in [1.807, 2.05) is 0 Å². The first-order valence-corrected chi connectivity index (χ1v) is 6.00. The van der Waals surface area contributed by atoms with Crippen LogP contribution in [0, 0.1) is 13.8 Å². The summed E-state index contributed by atoms with van der Waals surface area (Å²) in [5, 5.41) is 19.8. The van der Waals surface area contributed by atoms with E-state index in [0.29, 0.717) is 11.6 Å². The Kier molecular flexibility index (Phi) is 5.24. The van der Waals surface area contributed by atoms with E-state index in [1.54, 1.807) is 13.8 Å². The second kappa shape index (κ2) is 6.69. The van der Waals surface area contributed by atoms with Crippen LogP contribution in [-0.2, 0) is 9.59 Å². The molecule has 20 heavy (non-hydrogen) atoms. The minimum absolute atomic E-state index is 0.0273. The number of amides is 1. The molecular weight excluding hydrogens is 268 g/mol. The van der Waals surface area contributed by atoms with E-state index in [9.17, 15) is 14.4 Å². The number of carboxylic acid groups (broad SMARTS) is 2. The second-order valence-electron chi connectivity index (χ2n) is 4.30. The summed E-state index contributed by atoms with van der Waals surface area (Å²) in [6.45, 7) is 3.15. The van der Waals surface area contributed by atoms with Crippen molar-refractivity contribution in [2.45, 2.75) is 39.2 Å². The van der Waals surface area contributed by atoms with Crippen LogP contribution < -0.4 is 5.32 Å². The van der Waals surface area contributed by atoms with Gasteiger partial charge in [-0.25, -0.2) is 9.78 Å². The van der Waals surface area contributed by atoms with E-state index in [1.165, 1.54) is 0 Å². The number of carbonyl (C=O) groups excluding carboxylic acids is 1. The largest absolute Gasteiger partial charge is 0.481 e. The maximum atomic E-state index is 11.9. The highest BCUT2D eigenvalue weighted by Crippen LogP contribution is 2.10. The van der Waals surface area contributed by atoms with Gasteiger partial charge in [-0.15, -0.1) is 0 Å². The van der Waals surface area contributed by atoms with Gasteiger partial charge in [-0.1, -0.05) is 0 Å². The Labute approximate surface area is 114 Å². The quantitative estimate of drug-likeness (QED) is 0.672. The molecule has 3 N–H and O–H groups in total. The number of aliphatic carboxylic acids is 2. The summed E-state index contributed by atoms with van der Waals surface area (Å²) in [7, 11) is 0. The molecule has 0 aliphatic carbocycles. The van der Waals surface area contributed by atoms with Crippen molar-refractivity contribution in [1.82, 2.24) is 10.3 Å². The third kappa shape index (κ3) is 4.38. The smallest absolute Gasteiger partial charge is 0.326 e. The van der Waals surface area contributed by atoms with Crippen molar-refractivity contribution in [2.75, 3.05) is 0 Å². The zero-order valence-electron chi connectivity index (χ0n) is 11.2. The number of oxazole rings is 1. The Balaban J connectivity index is 2.66. The van der Waals surface area contributed by atoms with E-state index in [2.05, 4.69) is 10.3 Å². The second-order valence-corrected chi connectivity index (χ2v) is 4.30. The summed E-state index contributed by atoms with van der Waals surface area (Å²) >= 11 is 0. The normalized spacial score (nSPS) is 11.9. The fourth-order valence-electron chi connectivity index (χ4n) is 1.68. The van der Waals surface area contributed by atoms with E-state index in [-0.39, 0.29) is 25.0 Å². The van der Waals surface area contributed by atoms with E-state index < -0.39 is 23.9 Å². The first kappa shape index (κ1) is 15.7. The van der Waals surface area contributed by atoms with Crippen LogP contribution in [0.4, 0.5) is 0 Å². The van der Waals surface area contributed by atoms with Crippen LogP contribution in [0.1, 0.15) is 41.4 Å². The summed E-state index contributed by atoms with van der Waals surface area (Å²) in [6, 6.07) is -1.16. The topological polar surface area (TPSA) is 130 Å². The summed E-state index contributed by atoms with van der Waals surface area (Å²) in [4.78, 5) is 37.2. The summed E-state index contributed by atoms with van der Waals surface area (Å²) in [6.07, 6.45) is 0.0284. The fourth-order valence-corrected chi connectivity index (χ4v) is 1.68. The predicted octanol–water partition coefficient (Wildman–Crippen LogP) is 0.729. The lowest BCUT2D eigenvalue weighted by Gasteiger charge is -2.13. The predicted molar refractivity (Wildman–Crippen MR) is 66.4 cm³/mol. The van der Waals surface area contributed by atoms with Crippen LogP contribution in [0.25, 0.3) is 0 Å². The molecule has 0 aromatic carbocycles. The molecule has 0 aliphatic heterocycles. The average molecular weight is 284 g/mol. The molecule has 1 amide bonds. The first-order valence-electron chi connectivity index (χ1n) is 6.00. The monoisotopic (exact) mass is 284 g/mol. The van der Waals surface area contributed by atoms with Gasteiger partial charge < -0.3 is 19.9 Å². The summed E-state index contributed by atoms with van der Waals surface area (Å²) in [5.41, 5.74) is 0.370. The highest BCUT2D eigenvalue weighted by atomic mass is 16.4. The molecule has 1 aromatic heterocycles. The fraction of sp³-hybridized carbons (Fsp3) is 0.500. The minimum Gasteiger partial charge on any atom is -0.481 e. The van der Waals surface area contributed by atoms with Gasteiger partial charge >= 0.3 is 11.9 Å². The number of rotatable bonds is 7. The molecule has 8 nitrogen and oxygen atoms in total. The molecule has 110 valence electrons. The first-order chi connectivity index (χ1) is 9.31. The number of hydrogen-bond donors (Lipinski definition) is 3. The lowest BCUT2D eigenvalue weighted by Crippen LogP contribution is -2.40. The Hall–Kier alpha value is -2.38. The van der Waals surface area contributed by atoms with Gasteiger partial charge in [0.2, 0.25) is 5.76 Å². The van der Waals surface area contributed by atoms with Crippen molar-refractivity contribution >= 4 is 17.8 Å². The van der Waals surface area contributed by atoms with E-state index in [4.69, 9.17) is 14.6 Å². The van der Waals surface area contributed by atoms with Crippen LogP contribution in [0.5, 0.6) is 0 Å². The lowest BCUT2D eigenvalue weighted by atomic mass is 10.1. The van der Waals surface area contributed by atoms with Gasteiger partial charge in [0.15, 0.2) is 5.89 Å². The molecule has 1 rings (SSSR count). The van der Waals surface area contributed by atoms with Gasteiger partial charge in [-0.2, -0.15) is 0 Å². The lowest BCUT2D eigenvalue weighted by molar-refractivity contribution is -0.140.